The van der Waals surface area contributed by atoms with Crippen LogP contribution in [-0.2, 0) is 40.9 Å². The van der Waals surface area contributed by atoms with Gasteiger partial charge in [0.05, 0.1) is 12.1 Å². The van der Waals surface area contributed by atoms with E-state index in [1.54, 1.807) is 38.6 Å². The Kier molecular flexibility index (Phi) is 15.3. The predicted molar refractivity (Wildman–Crippen MR) is 186 cm³/mol. The molecule has 1 atom stereocenters. The molecule has 9 nitrogen and oxygen atoms in total. The topological polar surface area (TPSA) is 102 Å². The molecule has 256 valence electrons. The Bertz CT molecular complexity index is 1490. The summed E-state index contributed by atoms with van der Waals surface area (Å²) in [6.45, 7) is 5.82. The minimum Gasteiger partial charge on any atom is -0.489 e. The van der Waals surface area contributed by atoms with Crippen molar-refractivity contribution in [2.45, 2.75) is 67.6 Å². The van der Waals surface area contributed by atoms with E-state index in [0.29, 0.717) is 30.9 Å². The summed E-state index contributed by atoms with van der Waals surface area (Å²) in [7, 11) is 0.540. The first kappa shape index (κ1) is 38.6. The molecule has 0 bridgehead atoms. The van der Waals surface area contributed by atoms with Gasteiger partial charge in [-0.15, -0.1) is 0 Å². The van der Waals surface area contributed by atoms with Gasteiger partial charge in [0.1, 0.15) is 24.8 Å². The number of hydrogen-bond acceptors (Lipinski definition) is 9. The van der Waals surface area contributed by atoms with E-state index in [-0.39, 0.29) is 13.4 Å². The quantitative estimate of drug-likeness (QED) is 0.0788. The van der Waals surface area contributed by atoms with Crippen LogP contribution >= 0.6 is 31.0 Å². The number of aryl methyl sites for hydroxylation is 1. The third-order valence-corrected chi connectivity index (χ3v) is 9.64. The van der Waals surface area contributed by atoms with Gasteiger partial charge in [-0.2, -0.15) is 0 Å². The van der Waals surface area contributed by atoms with Crippen LogP contribution in [0, 0.1) is 0 Å². The Hall–Kier alpha value is -2.82. The second-order valence-corrected chi connectivity index (χ2v) is 15.4. The van der Waals surface area contributed by atoms with E-state index in [4.69, 9.17) is 39.6 Å². The van der Waals surface area contributed by atoms with Gasteiger partial charge in [-0.05, 0) is 87.6 Å². The van der Waals surface area contributed by atoms with Crippen molar-refractivity contribution in [3.63, 3.8) is 0 Å². The number of amides is 1. The molecule has 12 heteroatoms. The number of methoxy groups -OCH3 is 1. The van der Waals surface area contributed by atoms with Crippen LogP contribution in [0.4, 0.5) is 4.79 Å². The second kappa shape index (κ2) is 18.7. The van der Waals surface area contributed by atoms with E-state index in [1.807, 2.05) is 72.8 Å². The zero-order valence-corrected chi connectivity index (χ0v) is 30.3. The van der Waals surface area contributed by atoms with E-state index in [9.17, 15) is 9.36 Å². The molecular weight excluding hydrogens is 661 g/mol. The summed E-state index contributed by atoms with van der Waals surface area (Å²) in [5.74, 6) is 2.11. The zero-order valence-electron chi connectivity index (χ0n) is 27.8. The van der Waals surface area contributed by atoms with Crippen molar-refractivity contribution in [3.8, 4) is 5.75 Å². The second-order valence-electron chi connectivity index (χ2n) is 11.7. The molecule has 0 saturated carbocycles. The molecule has 0 aromatic heterocycles. The number of carbonyl (C=O) groups is 1. The molecular formula is C35H45ClNO8PS. The molecule has 0 fully saturated rings. The van der Waals surface area contributed by atoms with Gasteiger partial charge in [0.2, 0.25) is 0 Å². The number of nitrogens with one attached hydrogen (secondary N) is 1. The SMILES string of the molecule is COCOCC(C=CP(=O)(OC)OC)(CCCc1ccc(Sc2cccc(OCc3ccccc3)c2)cc1Cl)NC(=O)OC(C)(C)C. The standard InChI is InChI=1S/C35H45ClNO8PS/c1-34(2,3)45-33(38)37-35(25-43-26-40-4,20-21-46(39,41-5)42-6)19-11-14-28-17-18-31(23-32(28)36)47-30-16-10-15-29(22-30)44-24-27-12-8-7-9-13-27/h7-10,12-13,15-18,20-23H,11,14,19,24-26H2,1-6H3,(H,37,38). The highest BCUT2D eigenvalue weighted by Gasteiger charge is 2.33. The Morgan fingerprint density at radius 2 is 1.68 bits per heavy atom. The Morgan fingerprint density at radius 1 is 0.957 bits per heavy atom. The molecule has 0 aliphatic heterocycles. The number of hydrogen-bond donors (Lipinski definition) is 1. The minimum absolute atomic E-state index is 0.00911. The van der Waals surface area contributed by atoms with Crippen molar-refractivity contribution in [3.05, 3.63) is 101 Å². The van der Waals surface area contributed by atoms with Crippen molar-refractivity contribution >= 4 is 37.1 Å². The van der Waals surface area contributed by atoms with Gasteiger partial charge in [0.15, 0.2) is 0 Å². The normalized spacial score (nSPS) is 13.3. The largest absolute Gasteiger partial charge is 0.489 e. The third kappa shape index (κ3) is 13.7. The molecule has 0 aliphatic carbocycles. The molecule has 0 radical (unpaired) electrons. The summed E-state index contributed by atoms with van der Waals surface area (Å²) in [5.41, 5.74) is 0.201. The van der Waals surface area contributed by atoms with E-state index in [2.05, 4.69) is 5.32 Å². The maximum Gasteiger partial charge on any atom is 0.408 e. The van der Waals surface area contributed by atoms with Crippen LogP contribution in [0.25, 0.3) is 0 Å². The first-order chi connectivity index (χ1) is 22.4. The Morgan fingerprint density at radius 3 is 2.34 bits per heavy atom. The van der Waals surface area contributed by atoms with Gasteiger partial charge < -0.3 is 33.3 Å². The first-order valence-corrected chi connectivity index (χ1v) is 17.9. The van der Waals surface area contributed by atoms with Gasteiger partial charge in [-0.1, -0.05) is 65.8 Å². The molecule has 0 heterocycles. The highest BCUT2D eigenvalue weighted by Crippen LogP contribution is 2.48. The molecule has 1 N–H and O–H groups in total. The third-order valence-electron chi connectivity index (χ3n) is 6.78. The average molecular weight is 706 g/mol. The summed E-state index contributed by atoms with van der Waals surface area (Å²) in [6, 6.07) is 24.0. The van der Waals surface area contributed by atoms with E-state index in [0.717, 1.165) is 26.7 Å². The highest BCUT2D eigenvalue weighted by atomic mass is 35.5. The number of benzene rings is 3. The van der Waals surface area contributed by atoms with Crippen molar-refractivity contribution in [1.82, 2.24) is 5.32 Å². The lowest BCUT2D eigenvalue weighted by Gasteiger charge is -2.33. The zero-order chi connectivity index (χ0) is 34.3. The summed E-state index contributed by atoms with van der Waals surface area (Å²) in [5, 5.41) is 3.55. The first-order valence-electron chi connectivity index (χ1n) is 15.1. The fourth-order valence-electron chi connectivity index (χ4n) is 4.48. The van der Waals surface area contributed by atoms with E-state index < -0.39 is 24.8 Å². The van der Waals surface area contributed by atoms with Gasteiger partial charge in [0.25, 0.3) is 0 Å². The van der Waals surface area contributed by atoms with Gasteiger partial charge in [0, 0.05) is 42.0 Å². The van der Waals surface area contributed by atoms with Crippen molar-refractivity contribution in [2.24, 2.45) is 0 Å². The maximum atomic E-state index is 13.0. The Balaban J connectivity index is 1.72. The van der Waals surface area contributed by atoms with Crippen LogP contribution in [0.3, 0.4) is 0 Å². The molecule has 0 aliphatic rings. The fourth-order valence-corrected chi connectivity index (χ4v) is 6.59. The minimum atomic E-state index is -3.55. The van der Waals surface area contributed by atoms with Crippen LogP contribution in [0.2, 0.25) is 5.02 Å². The Labute approximate surface area is 287 Å². The number of halogens is 1. The van der Waals surface area contributed by atoms with Gasteiger partial charge in [-0.3, -0.25) is 4.57 Å². The van der Waals surface area contributed by atoms with Gasteiger partial charge in [-0.25, -0.2) is 4.79 Å². The molecule has 47 heavy (non-hydrogen) atoms. The monoisotopic (exact) mass is 705 g/mol. The number of rotatable bonds is 18. The lowest BCUT2D eigenvalue weighted by molar-refractivity contribution is -0.0492. The van der Waals surface area contributed by atoms with Crippen LogP contribution < -0.4 is 10.1 Å². The van der Waals surface area contributed by atoms with Crippen LogP contribution in [0.15, 0.2) is 94.5 Å². The molecule has 3 rings (SSSR count). The lowest BCUT2D eigenvalue weighted by Crippen LogP contribution is -2.52. The summed E-state index contributed by atoms with van der Waals surface area (Å²) in [6.07, 6.45) is 2.52. The van der Waals surface area contributed by atoms with Crippen LogP contribution in [-0.4, -0.2) is 52.0 Å². The van der Waals surface area contributed by atoms with Crippen LogP contribution in [0.5, 0.6) is 5.75 Å². The van der Waals surface area contributed by atoms with E-state index >= 15 is 0 Å². The molecule has 0 saturated heterocycles. The molecule has 3 aromatic rings. The van der Waals surface area contributed by atoms with Crippen molar-refractivity contribution < 1.29 is 37.4 Å². The number of ether oxygens (including phenoxy) is 4. The predicted octanol–water partition coefficient (Wildman–Crippen LogP) is 9.28. The fraction of sp³-hybridized carbons (Fsp3) is 0.400. The molecule has 1 unspecified atom stereocenters. The maximum absolute atomic E-state index is 13.0. The highest BCUT2D eigenvalue weighted by molar-refractivity contribution is 7.99. The van der Waals surface area contributed by atoms with Crippen molar-refractivity contribution in [1.29, 1.82) is 0 Å². The molecule has 3 aromatic carbocycles. The van der Waals surface area contributed by atoms with E-state index in [1.165, 1.54) is 27.1 Å². The van der Waals surface area contributed by atoms with Gasteiger partial charge >= 0.3 is 13.7 Å². The van der Waals surface area contributed by atoms with Crippen LogP contribution in [0.1, 0.15) is 44.7 Å². The average Bonchev–Trinajstić information content (AvgIpc) is 3.03. The summed E-state index contributed by atoms with van der Waals surface area (Å²) in [4.78, 5) is 15.0. The summed E-state index contributed by atoms with van der Waals surface area (Å²) >= 11 is 8.36. The number of alkyl carbamates (subject to hydrolysis) is 1. The van der Waals surface area contributed by atoms with Crippen molar-refractivity contribution in [2.75, 3.05) is 34.7 Å². The molecule has 0 spiro atoms. The summed E-state index contributed by atoms with van der Waals surface area (Å²) < 4.78 is 45.4. The smallest absolute Gasteiger partial charge is 0.408 e. The lowest BCUT2D eigenvalue weighted by atomic mass is 9.92. The molecule has 1 amide bonds. The number of carbonyl (C=O) groups excluding carboxylic acids is 1.